The summed E-state index contributed by atoms with van der Waals surface area (Å²) in [6.45, 7) is 4.80. The van der Waals surface area contributed by atoms with E-state index in [0.29, 0.717) is 24.4 Å². The summed E-state index contributed by atoms with van der Waals surface area (Å²) in [5.74, 6) is 0.663. The first-order chi connectivity index (χ1) is 16.0. The van der Waals surface area contributed by atoms with Crippen LogP contribution in [0.5, 0.6) is 0 Å². The predicted molar refractivity (Wildman–Crippen MR) is 128 cm³/mol. The second-order valence-corrected chi connectivity index (χ2v) is 9.85. The zero-order valence-electron chi connectivity index (χ0n) is 19.6. The van der Waals surface area contributed by atoms with Gasteiger partial charge in [0.05, 0.1) is 12.1 Å². The van der Waals surface area contributed by atoms with Crippen LogP contribution in [0.15, 0.2) is 46.9 Å². The lowest BCUT2D eigenvalue weighted by Crippen LogP contribution is -2.65. The van der Waals surface area contributed by atoms with Crippen LogP contribution in [-0.4, -0.2) is 39.4 Å². The van der Waals surface area contributed by atoms with E-state index in [1.54, 1.807) is 4.90 Å². The maximum absolute atomic E-state index is 13.7. The first kappa shape index (κ1) is 21.8. The van der Waals surface area contributed by atoms with Crippen molar-refractivity contribution in [2.75, 3.05) is 6.54 Å². The molecule has 174 valence electrons. The Kier molecular flexibility index (Phi) is 5.77. The topological polar surface area (TPSA) is 67.5 Å². The molecule has 2 aliphatic rings. The zero-order chi connectivity index (χ0) is 23.0. The Labute approximate surface area is 194 Å². The average molecular weight is 448 g/mol. The molecule has 6 heteroatoms. The molecule has 6 nitrogen and oxygen atoms in total. The molecule has 3 aromatic rings. The Morgan fingerprint density at radius 3 is 2.67 bits per heavy atom. The number of carbonyl (C=O) groups is 2. The number of fused-ring (bicyclic) bond motifs is 3. The normalized spacial score (nSPS) is 21.4. The van der Waals surface area contributed by atoms with Crippen LogP contribution in [0.1, 0.15) is 67.3 Å². The summed E-state index contributed by atoms with van der Waals surface area (Å²) in [5, 5.41) is 3.29. The summed E-state index contributed by atoms with van der Waals surface area (Å²) in [5.41, 5.74) is 2.49. The Bertz CT molecular complexity index is 1160. The monoisotopic (exact) mass is 447 g/mol. The molecule has 33 heavy (non-hydrogen) atoms. The number of rotatable bonds is 6. The third kappa shape index (κ3) is 4.07. The van der Waals surface area contributed by atoms with Crippen LogP contribution in [0.4, 0.5) is 0 Å². The van der Waals surface area contributed by atoms with Crippen molar-refractivity contribution in [2.24, 2.45) is 0 Å². The van der Waals surface area contributed by atoms with Crippen LogP contribution >= 0.6 is 0 Å². The van der Waals surface area contributed by atoms with E-state index in [9.17, 15) is 9.59 Å². The van der Waals surface area contributed by atoms with Gasteiger partial charge in [0.15, 0.2) is 5.58 Å². The van der Waals surface area contributed by atoms with Crippen LogP contribution in [-0.2, 0) is 17.8 Å². The quantitative estimate of drug-likeness (QED) is 0.588. The third-order valence-electron chi connectivity index (χ3n) is 7.36. The maximum Gasteiger partial charge on any atom is 0.271 e. The van der Waals surface area contributed by atoms with Gasteiger partial charge in [0.2, 0.25) is 5.91 Å². The fourth-order valence-corrected chi connectivity index (χ4v) is 5.48. The summed E-state index contributed by atoms with van der Waals surface area (Å²) < 4.78 is 7.78. The molecule has 0 bridgehead atoms. The molecule has 1 unspecified atom stereocenters. The number of hydrogen-bond donors (Lipinski definition) is 1. The van der Waals surface area contributed by atoms with E-state index >= 15 is 0 Å². The molecule has 5 rings (SSSR count). The van der Waals surface area contributed by atoms with Crippen molar-refractivity contribution >= 4 is 22.9 Å². The molecule has 1 atom stereocenters. The summed E-state index contributed by atoms with van der Waals surface area (Å²) in [4.78, 5) is 29.2. The molecule has 2 aromatic heterocycles. The van der Waals surface area contributed by atoms with Gasteiger partial charge in [-0.05, 0) is 45.1 Å². The second-order valence-electron chi connectivity index (χ2n) is 9.85. The molecule has 1 aromatic carbocycles. The third-order valence-corrected chi connectivity index (χ3v) is 7.36. The number of amides is 2. The number of hydrogen-bond acceptors (Lipinski definition) is 3. The van der Waals surface area contributed by atoms with Crippen molar-refractivity contribution in [1.82, 2.24) is 14.8 Å². The Morgan fingerprint density at radius 2 is 1.91 bits per heavy atom. The van der Waals surface area contributed by atoms with Gasteiger partial charge in [0.1, 0.15) is 17.0 Å². The van der Waals surface area contributed by atoms with Gasteiger partial charge >= 0.3 is 0 Å². The number of carbonyl (C=O) groups excluding carboxylic acids is 2. The van der Waals surface area contributed by atoms with Crippen molar-refractivity contribution in [3.8, 4) is 0 Å². The zero-order valence-corrected chi connectivity index (χ0v) is 19.6. The smallest absolute Gasteiger partial charge is 0.271 e. The molecule has 1 aliphatic carbocycles. The highest BCUT2D eigenvalue weighted by molar-refractivity contribution is 6.03. The lowest BCUT2D eigenvalue weighted by molar-refractivity contribution is -0.133. The molecule has 0 radical (unpaired) electrons. The van der Waals surface area contributed by atoms with Crippen molar-refractivity contribution in [1.29, 1.82) is 0 Å². The van der Waals surface area contributed by atoms with Gasteiger partial charge in [0.25, 0.3) is 5.91 Å². The second kappa shape index (κ2) is 8.73. The first-order valence-electron chi connectivity index (χ1n) is 12.2. The molecule has 0 saturated heterocycles. The molecule has 2 amide bonds. The van der Waals surface area contributed by atoms with E-state index in [1.165, 1.54) is 12.0 Å². The molecule has 0 spiro atoms. The van der Waals surface area contributed by atoms with Gasteiger partial charge in [-0.25, -0.2) is 0 Å². The molecule has 1 N–H and O–H groups in total. The summed E-state index contributed by atoms with van der Waals surface area (Å²) in [7, 11) is 0. The molecule has 1 fully saturated rings. The average Bonchev–Trinajstić information content (AvgIpc) is 3.34. The number of aromatic nitrogens is 1. The van der Waals surface area contributed by atoms with Crippen molar-refractivity contribution in [2.45, 2.75) is 76.9 Å². The number of furan rings is 1. The molecule has 1 saturated carbocycles. The number of nitrogens with one attached hydrogen (secondary N) is 1. The minimum atomic E-state index is -0.949. The van der Waals surface area contributed by atoms with E-state index < -0.39 is 5.54 Å². The highest BCUT2D eigenvalue weighted by atomic mass is 16.3. The van der Waals surface area contributed by atoms with E-state index in [0.717, 1.165) is 49.8 Å². The molecular weight excluding hydrogens is 414 g/mol. The lowest BCUT2D eigenvalue weighted by Gasteiger charge is -2.45. The fraction of sp³-hybridized carbons (Fsp3) is 0.481. The molecule has 1 aliphatic heterocycles. The van der Waals surface area contributed by atoms with Gasteiger partial charge in [-0.1, -0.05) is 49.6 Å². The van der Waals surface area contributed by atoms with Crippen LogP contribution in [0.2, 0.25) is 0 Å². The van der Waals surface area contributed by atoms with Crippen LogP contribution in [0, 0.1) is 6.92 Å². The number of aryl methyl sites for hydroxylation is 2. The Hall–Kier alpha value is -3.02. The maximum atomic E-state index is 13.7. The molecule has 3 heterocycles. The van der Waals surface area contributed by atoms with E-state index in [2.05, 4.69) is 17.4 Å². The minimum absolute atomic E-state index is 0.0461. The Morgan fingerprint density at radius 1 is 1.15 bits per heavy atom. The van der Waals surface area contributed by atoms with E-state index in [4.69, 9.17) is 4.42 Å². The van der Waals surface area contributed by atoms with Crippen LogP contribution in [0.3, 0.4) is 0 Å². The standard InChI is InChI=1S/C27H33N3O3/c1-19-16-22-24(33-19)17-23-25(31)30(15-9-12-20-10-5-3-6-11-20)27(2,18-29(22)23)26(32)28-21-13-7-4-8-14-21/h3,5-6,10-11,16-17,21H,4,7-9,12-15,18H2,1-2H3,(H,28,32). The summed E-state index contributed by atoms with van der Waals surface area (Å²) in [6, 6.07) is 14.3. The number of nitrogens with zero attached hydrogens (tertiary/aromatic N) is 2. The van der Waals surface area contributed by atoms with Gasteiger partial charge in [-0.15, -0.1) is 0 Å². The summed E-state index contributed by atoms with van der Waals surface area (Å²) >= 11 is 0. The van der Waals surface area contributed by atoms with Crippen molar-refractivity contribution in [3.05, 3.63) is 59.5 Å². The van der Waals surface area contributed by atoms with E-state index in [1.807, 2.05) is 48.7 Å². The highest BCUT2D eigenvalue weighted by Gasteiger charge is 2.48. The highest BCUT2D eigenvalue weighted by Crippen LogP contribution is 2.34. The Balaban J connectivity index is 1.43. The SMILES string of the molecule is Cc1cc2c(cc3n2CC(C)(C(=O)NC2CCCCC2)N(CCCc2ccccc2)C3=O)o1. The van der Waals surface area contributed by atoms with Crippen LogP contribution < -0.4 is 5.32 Å². The van der Waals surface area contributed by atoms with Gasteiger partial charge in [-0.2, -0.15) is 0 Å². The van der Waals surface area contributed by atoms with E-state index in [-0.39, 0.29) is 17.9 Å². The summed E-state index contributed by atoms with van der Waals surface area (Å²) in [6.07, 6.45) is 7.24. The van der Waals surface area contributed by atoms with Gasteiger partial charge < -0.3 is 19.2 Å². The largest absolute Gasteiger partial charge is 0.460 e. The van der Waals surface area contributed by atoms with Gasteiger partial charge in [0, 0.05) is 24.7 Å². The van der Waals surface area contributed by atoms with Crippen molar-refractivity contribution < 1.29 is 14.0 Å². The number of benzene rings is 1. The van der Waals surface area contributed by atoms with Gasteiger partial charge in [-0.3, -0.25) is 9.59 Å². The fourth-order valence-electron chi connectivity index (χ4n) is 5.48. The lowest BCUT2D eigenvalue weighted by atomic mass is 9.91. The van der Waals surface area contributed by atoms with Crippen LogP contribution in [0.25, 0.3) is 11.1 Å². The van der Waals surface area contributed by atoms with Crippen molar-refractivity contribution in [3.63, 3.8) is 0 Å². The molecular formula is C27H33N3O3. The first-order valence-corrected chi connectivity index (χ1v) is 12.2. The predicted octanol–water partition coefficient (Wildman–Crippen LogP) is 4.84. The minimum Gasteiger partial charge on any atom is -0.460 e.